The molecule has 3 aromatic rings. The molecule has 0 spiro atoms. The molecule has 0 saturated heterocycles. The first-order valence-corrected chi connectivity index (χ1v) is 10.1. The van der Waals surface area contributed by atoms with Gasteiger partial charge in [0.15, 0.2) is 6.61 Å². The number of halogens is 1. The van der Waals surface area contributed by atoms with Gasteiger partial charge in [-0.25, -0.2) is 0 Å². The molecule has 28 heavy (non-hydrogen) atoms. The average Bonchev–Trinajstić information content (AvgIpc) is 3.17. The number of hydrogen-bond donors (Lipinski definition) is 2. The van der Waals surface area contributed by atoms with Crippen molar-refractivity contribution in [3.05, 3.63) is 33.8 Å². The van der Waals surface area contributed by atoms with Gasteiger partial charge in [-0.3, -0.25) is 14.3 Å². The van der Waals surface area contributed by atoms with E-state index in [1.165, 1.54) is 11.3 Å². The summed E-state index contributed by atoms with van der Waals surface area (Å²) in [4.78, 5) is 25.8. The highest BCUT2D eigenvalue weighted by Gasteiger charge is 2.21. The topological polar surface area (TPSA) is 85.3 Å². The summed E-state index contributed by atoms with van der Waals surface area (Å²) in [6.07, 6.45) is 0. The molecule has 4 rings (SSSR count). The second-order valence-electron chi connectivity index (χ2n) is 7.11. The van der Waals surface area contributed by atoms with Gasteiger partial charge >= 0.3 is 0 Å². The zero-order chi connectivity index (χ0) is 20.0. The Kier molecular flexibility index (Phi) is 4.76. The maximum absolute atomic E-state index is 12.8. The molecule has 0 bridgehead atoms. The lowest BCUT2D eigenvalue weighted by molar-refractivity contribution is -0.118. The van der Waals surface area contributed by atoms with Crippen molar-refractivity contribution in [2.24, 2.45) is 5.92 Å². The SMILES string of the molecule is Cc1nn(CC(C)C)c2sc(C(=O)Nc3cc4c(cc3Cl)NC(=O)CO4)cc12. The molecule has 2 aromatic heterocycles. The number of ether oxygens (including phenoxy) is 1. The van der Waals surface area contributed by atoms with Crippen LogP contribution in [0.4, 0.5) is 11.4 Å². The lowest BCUT2D eigenvalue weighted by Crippen LogP contribution is -2.25. The number of nitrogens with one attached hydrogen (secondary N) is 2. The van der Waals surface area contributed by atoms with Crippen molar-refractivity contribution in [2.75, 3.05) is 17.2 Å². The molecule has 1 aliphatic rings. The number of rotatable bonds is 4. The molecule has 146 valence electrons. The van der Waals surface area contributed by atoms with Gasteiger partial charge in [0, 0.05) is 18.0 Å². The van der Waals surface area contributed by atoms with Crippen LogP contribution >= 0.6 is 22.9 Å². The quantitative estimate of drug-likeness (QED) is 0.661. The summed E-state index contributed by atoms with van der Waals surface area (Å²) in [5.74, 6) is 0.436. The summed E-state index contributed by atoms with van der Waals surface area (Å²) in [7, 11) is 0. The molecule has 0 aliphatic carbocycles. The molecule has 0 radical (unpaired) electrons. The van der Waals surface area contributed by atoms with E-state index in [2.05, 4.69) is 29.6 Å². The molecule has 2 amide bonds. The summed E-state index contributed by atoms with van der Waals surface area (Å²) in [5, 5.41) is 11.4. The summed E-state index contributed by atoms with van der Waals surface area (Å²) < 4.78 is 7.35. The molecule has 1 aliphatic heterocycles. The minimum absolute atomic E-state index is 0.0655. The lowest BCUT2D eigenvalue weighted by Gasteiger charge is -2.19. The maximum atomic E-state index is 12.8. The first-order valence-electron chi connectivity index (χ1n) is 8.86. The van der Waals surface area contributed by atoms with Gasteiger partial charge in [0.1, 0.15) is 10.6 Å². The predicted octanol–water partition coefficient (Wildman–Crippen LogP) is 4.30. The average molecular weight is 419 g/mol. The van der Waals surface area contributed by atoms with Crippen LogP contribution in [0, 0.1) is 12.8 Å². The number of benzene rings is 1. The summed E-state index contributed by atoms with van der Waals surface area (Å²) >= 11 is 7.68. The maximum Gasteiger partial charge on any atom is 0.265 e. The largest absolute Gasteiger partial charge is 0.482 e. The number of carbonyl (C=O) groups is 2. The number of anilines is 2. The summed E-state index contributed by atoms with van der Waals surface area (Å²) in [6.45, 7) is 6.94. The Morgan fingerprint density at radius 2 is 2.21 bits per heavy atom. The van der Waals surface area contributed by atoms with E-state index in [1.54, 1.807) is 12.1 Å². The van der Waals surface area contributed by atoms with Crippen LogP contribution in [0.15, 0.2) is 18.2 Å². The minimum Gasteiger partial charge on any atom is -0.482 e. The van der Waals surface area contributed by atoms with Crippen molar-refractivity contribution in [2.45, 2.75) is 27.3 Å². The van der Waals surface area contributed by atoms with Crippen molar-refractivity contribution in [1.29, 1.82) is 0 Å². The highest BCUT2D eigenvalue weighted by Crippen LogP contribution is 2.37. The molecular formula is C19H19ClN4O3S. The Balaban J connectivity index is 1.61. The first kappa shape index (κ1) is 18.8. The molecule has 0 saturated carbocycles. The molecule has 3 heterocycles. The number of hydrogen-bond acceptors (Lipinski definition) is 5. The zero-order valence-electron chi connectivity index (χ0n) is 15.6. The van der Waals surface area contributed by atoms with E-state index in [9.17, 15) is 9.59 Å². The Morgan fingerprint density at radius 3 is 2.96 bits per heavy atom. The minimum atomic E-state index is -0.251. The van der Waals surface area contributed by atoms with Crippen molar-refractivity contribution in [1.82, 2.24) is 9.78 Å². The van der Waals surface area contributed by atoms with Gasteiger partial charge in [0.05, 0.1) is 27.0 Å². The molecule has 2 N–H and O–H groups in total. The third-order valence-electron chi connectivity index (χ3n) is 4.32. The van der Waals surface area contributed by atoms with Gasteiger partial charge in [-0.05, 0) is 25.0 Å². The van der Waals surface area contributed by atoms with Crippen LogP contribution < -0.4 is 15.4 Å². The van der Waals surface area contributed by atoms with E-state index < -0.39 is 0 Å². The van der Waals surface area contributed by atoms with Crippen molar-refractivity contribution in [3.8, 4) is 5.75 Å². The first-order chi connectivity index (χ1) is 13.3. The second-order valence-corrected chi connectivity index (χ2v) is 8.55. The van der Waals surface area contributed by atoms with E-state index in [-0.39, 0.29) is 18.4 Å². The van der Waals surface area contributed by atoms with Crippen LogP contribution in [0.25, 0.3) is 10.2 Å². The fraction of sp³-hybridized carbons (Fsp3) is 0.316. The number of aryl methyl sites for hydroxylation is 1. The molecular weight excluding hydrogens is 400 g/mol. The smallest absolute Gasteiger partial charge is 0.265 e. The van der Waals surface area contributed by atoms with E-state index in [1.807, 2.05) is 17.7 Å². The van der Waals surface area contributed by atoms with Crippen LogP contribution in [0.2, 0.25) is 5.02 Å². The third kappa shape index (κ3) is 3.45. The fourth-order valence-electron chi connectivity index (χ4n) is 3.07. The highest BCUT2D eigenvalue weighted by molar-refractivity contribution is 7.20. The van der Waals surface area contributed by atoms with Crippen molar-refractivity contribution < 1.29 is 14.3 Å². The summed E-state index contributed by atoms with van der Waals surface area (Å²) in [5.41, 5.74) is 1.83. The monoisotopic (exact) mass is 418 g/mol. The Bertz CT molecular complexity index is 1100. The van der Waals surface area contributed by atoms with E-state index in [0.29, 0.717) is 32.9 Å². The number of carbonyl (C=O) groups excluding carboxylic acids is 2. The molecule has 0 fully saturated rings. The van der Waals surface area contributed by atoms with E-state index in [4.69, 9.17) is 16.3 Å². The van der Waals surface area contributed by atoms with Gasteiger partial charge in [-0.1, -0.05) is 25.4 Å². The van der Waals surface area contributed by atoms with Gasteiger partial charge < -0.3 is 15.4 Å². The lowest BCUT2D eigenvalue weighted by atomic mass is 10.2. The molecule has 7 nitrogen and oxygen atoms in total. The predicted molar refractivity (Wildman–Crippen MR) is 111 cm³/mol. The van der Waals surface area contributed by atoms with Gasteiger partial charge in [-0.15, -0.1) is 11.3 Å². The second kappa shape index (κ2) is 7.10. The Morgan fingerprint density at radius 1 is 1.43 bits per heavy atom. The molecule has 9 heteroatoms. The fourth-order valence-corrected chi connectivity index (χ4v) is 4.35. The van der Waals surface area contributed by atoms with Gasteiger partial charge in [-0.2, -0.15) is 5.10 Å². The van der Waals surface area contributed by atoms with Crippen LogP contribution in [-0.4, -0.2) is 28.2 Å². The standard InChI is InChI=1S/C19H19ClN4O3S/c1-9(2)7-24-19-11(10(3)23-24)4-16(28-19)18(26)22-13-6-15-14(5-12(13)20)21-17(25)8-27-15/h4-6,9H,7-8H2,1-3H3,(H,21,25)(H,22,26). The van der Waals surface area contributed by atoms with Crippen LogP contribution in [0.5, 0.6) is 5.75 Å². The number of amides is 2. The number of nitrogens with zero attached hydrogens (tertiary/aromatic N) is 2. The molecule has 0 unspecified atom stereocenters. The van der Waals surface area contributed by atoms with Gasteiger partial charge in [0.25, 0.3) is 11.8 Å². The number of fused-ring (bicyclic) bond motifs is 2. The highest BCUT2D eigenvalue weighted by atomic mass is 35.5. The number of thiophene rings is 1. The van der Waals surface area contributed by atoms with Crippen LogP contribution in [0.3, 0.4) is 0 Å². The normalized spacial score (nSPS) is 13.4. The van der Waals surface area contributed by atoms with Crippen LogP contribution in [0.1, 0.15) is 29.2 Å². The zero-order valence-corrected chi connectivity index (χ0v) is 17.2. The molecule has 1 aromatic carbocycles. The Hall–Kier alpha value is -2.58. The Labute approximate surface area is 170 Å². The summed E-state index contributed by atoms with van der Waals surface area (Å²) in [6, 6.07) is 5.05. The van der Waals surface area contributed by atoms with Crippen molar-refractivity contribution in [3.63, 3.8) is 0 Å². The van der Waals surface area contributed by atoms with E-state index >= 15 is 0 Å². The van der Waals surface area contributed by atoms with E-state index in [0.717, 1.165) is 22.5 Å². The number of aromatic nitrogens is 2. The van der Waals surface area contributed by atoms with Crippen molar-refractivity contribution >= 4 is 56.3 Å². The molecule has 0 atom stereocenters. The third-order valence-corrected chi connectivity index (χ3v) is 5.78. The van der Waals surface area contributed by atoms with Crippen LogP contribution in [-0.2, 0) is 11.3 Å². The van der Waals surface area contributed by atoms with Gasteiger partial charge in [0.2, 0.25) is 0 Å².